The Bertz CT molecular complexity index is 294. The monoisotopic (exact) mass is 316 g/mol. The molecule has 0 aliphatic rings. The third-order valence-corrected chi connectivity index (χ3v) is 2.44. The fraction of sp³-hybridized carbons (Fsp3) is 0.333. The molecule has 1 atom stereocenters. The van der Waals surface area contributed by atoms with Gasteiger partial charge in [0.25, 0.3) is 0 Å². The van der Waals surface area contributed by atoms with Crippen molar-refractivity contribution in [3.8, 4) is 0 Å². The van der Waals surface area contributed by atoms with E-state index in [-0.39, 0.29) is 6.42 Å². The molecule has 5 heteroatoms. The molecule has 0 aliphatic heterocycles. The van der Waals surface area contributed by atoms with Crippen molar-refractivity contribution >= 4 is 22.6 Å². The molecule has 0 heterocycles. The average Bonchev–Trinajstić information content (AvgIpc) is 2.07. The van der Waals surface area contributed by atoms with Crippen LogP contribution in [0, 0.1) is 3.57 Å². The van der Waals surface area contributed by atoms with Crippen LogP contribution < -0.4 is 0 Å². The van der Waals surface area contributed by atoms with E-state index in [4.69, 9.17) is 5.11 Å². The molecule has 0 bridgehead atoms. The van der Waals surface area contributed by atoms with Crippen molar-refractivity contribution in [1.82, 2.24) is 0 Å². The first-order valence-corrected chi connectivity index (χ1v) is 4.96. The Labute approximate surface area is 93.1 Å². The second-order valence-electron chi connectivity index (χ2n) is 2.89. The van der Waals surface area contributed by atoms with Gasteiger partial charge in [0.15, 0.2) is 6.10 Å². The molecule has 0 radical (unpaired) electrons. The topological polar surface area (TPSA) is 20.2 Å². The molecule has 0 unspecified atom stereocenters. The predicted octanol–water partition coefficient (Wildman–Crippen LogP) is 2.76. The van der Waals surface area contributed by atoms with Gasteiger partial charge in [-0.25, -0.2) is 0 Å². The Balaban J connectivity index is 2.65. The van der Waals surface area contributed by atoms with Crippen LogP contribution >= 0.6 is 22.6 Å². The Morgan fingerprint density at radius 1 is 1.21 bits per heavy atom. The Morgan fingerprint density at radius 3 is 2.14 bits per heavy atom. The fourth-order valence-electron chi connectivity index (χ4n) is 0.959. The second kappa shape index (κ2) is 4.48. The molecule has 0 aromatic heterocycles. The van der Waals surface area contributed by atoms with Crippen LogP contribution in [0.3, 0.4) is 0 Å². The van der Waals surface area contributed by atoms with Crippen molar-refractivity contribution in [2.45, 2.75) is 18.7 Å². The van der Waals surface area contributed by atoms with Crippen molar-refractivity contribution in [2.24, 2.45) is 0 Å². The number of aliphatic hydroxyl groups is 1. The van der Waals surface area contributed by atoms with Crippen molar-refractivity contribution in [1.29, 1.82) is 0 Å². The minimum Gasteiger partial charge on any atom is -0.383 e. The SMILES string of the molecule is O[C@H](Cc1ccc(I)cc1)C(F)(F)F. The number of halogens is 4. The van der Waals surface area contributed by atoms with E-state index in [1.807, 2.05) is 0 Å². The maximum Gasteiger partial charge on any atom is 0.414 e. The fourth-order valence-corrected chi connectivity index (χ4v) is 1.32. The van der Waals surface area contributed by atoms with Crippen molar-refractivity contribution in [2.75, 3.05) is 0 Å². The standard InChI is InChI=1S/C9H8F3IO/c10-9(11,12)8(14)5-6-1-3-7(13)4-2-6/h1-4,8,14H,5H2/t8-/m1/s1. The van der Waals surface area contributed by atoms with E-state index in [0.29, 0.717) is 5.56 Å². The van der Waals surface area contributed by atoms with E-state index in [1.54, 1.807) is 24.3 Å². The van der Waals surface area contributed by atoms with Gasteiger partial charge in [-0.2, -0.15) is 13.2 Å². The second-order valence-corrected chi connectivity index (χ2v) is 4.13. The molecular weight excluding hydrogens is 308 g/mol. The molecule has 1 aromatic rings. The van der Waals surface area contributed by atoms with Gasteiger partial charge in [-0.15, -0.1) is 0 Å². The largest absolute Gasteiger partial charge is 0.414 e. The van der Waals surface area contributed by atoms with E-state index in [1.165, 1.54) is 0 Å². The molecule has 1 nitrogen and oxygen atoms in total. The molecule has 0 saturated heterocycles. The summed E-state index contributed by atoms with van der Waals surface area (Å²) in [7, 11) is 0. The van der Waals surface area contributed by atoms with E-state index in [0.717, 1.165) is 3.57 Å². The van der Waals surface area contributed by atoms with Crippen LogP contribution in [0.2, 0.25) is 0 Å². The quantitative estimate of drug-likeness (QED) is 0.832. The molecule has 0 spiro atoms. The Kier molecular flexibility index (Phi) is 3.77. The molecule has 0 amide bonds. The first-order chi connectivity index (χ1) is 6.39. The summed E-state index contributed by atoms with van der Waals surface area (Å²) in [5.74, 6) is 0. The van der Waals surface area contributed by atoms with Crippen LogP contribution in [-0.4, -0.2) is 17.4 Å². The summed E-state index contributed by atoms with van der Waals surface area (Å²) in [6.45, 7) is 0. The maximum absolute atomic E-state index is 12.0. The van der Waals surface area contributed by atoms with Gasteiger partial charge in [-0.05, 0) is 40.3 Å². The number of benzene rings is 1. The summed E-state index contributed by atoms with van der Waals surface area (Å²) >= 11 is 2.06. The molecular formula is C9H8F3IO. The summed E-state index contributed by atoms with van der Waals surface area (Å²) in [6, 6.07) is 6.57. The van der Waals surface area contributed by atoms with Crippen molar-refractivity contribution in [3.05, 3.63) is 33.4 Å². The van der Waals surface area contributed by atoms with Crippen LogP contribution in [-0.2, 0) is 6.42 Å². The number of rotatable bonds is 2. The highest BCUT2D eigenvalue weighted by molar-refractivity contribution is 14.1. The molecule has 0 fully saturated rings. The van der Waals surface area contributed by atoms with Crippen LogP contribution in [0.5, 0.6) is 0 Å². The highest BCUT2D eigenvalue weighted by Gasteiger charge is 2.37. The summed E-state index contributed by atoms with van der Waals surface area (Å²) in [4.78, 5) is 0. The third kappa shape index (κ3) is 3.45. The summed E-state index contributed by atoms with van der Waals surface area (Å²) in [5.41, 5.74) is 0.482. The zero-order valence-electron chi connectivity index (χ0n) is 7.05. The maximum atomic E-state index is 12.0. The lowest BCUT2D eigenvalue weighted by molar-refractivity contribution is -0.203. The van der Waals surface area contributed by atoms with Crippen LogP contribution in [0.15, 0.2) is 24.3 Å². The lowest BCUT2D eigenvalue weighted by atomic mass is 10.1. The molecule has 1 N–H and O–H groups in total. The molecule has 1 aromatic carbocycles. The first kappa shape index (κ1) is 11.8. The van der Waals surface area contributed by atoms with Crippen LogP contribution in [0.4, 0.5) is 13.2 Å². The number of hydrogen-bond donors (Lipinski definition) is 1. The highest BCUT2D eigenvalue weighted by Crippen LogP contribution is 2.23. The number of hydrogen-bond acceptors (Lipinski definition) is 1. The van der Waals surface area contributed by atoms with Gasteiger partial charge in [0.1, 0.15) is 0 Å². The molecule has 1 rings (SSSR count). The zero-order chi connectivity index (χ0) is 10.8. The molecule has 78 valence electrons. The molecule has 14 heavy (non-hydrogen) atoms. The number of aliphatic hydroxyl groups excluding tert-OH is 1. The molecule has 0 saturated carbocycles. The van der Waals surface area contributed by atoms with Gasteiger partial charge in [0.05, 0.1) is 0 Å². The Hall–Kier alpha value is -0.300. The zero-order valence-corrected chi connectivity index (χ0v) is 9.21. The predicted molar refractivity (Wildman–Crippen MR) is 54.9 cm³/mol. The van der Waals surface area contributed by atoms with Crippen LogP contribution in [0.1, 0.15) is 5.56 Å². The van der Waals surface area contributed by atoms with Crippen molar-refractivity contribution < 1.29 is 18.3 Å². The van der Waals surface area contributed by atoms with Gasteiger partial charge in [-0.1, -0.05) is 12.1 Å². The summed E-state index contributed by atoms with van der Waals surface area (Å²) in [5, 5.41) is 8.78. The van der Waals surface area contributed by atoms with E-state index in [2.05, 4.69) is 22.6 Å². The normalized spacial score (nSPS) is 14.1. The van der Waals surface area contributed by atoms with Gasteiger partial charge in [-0.3, -0.25) is 0 Å². The first-order valence-electron chi connectivity index (χ1n) is 3.89. The summed E-state index contributed by atoms with van der Waals surface area (Å²) < 4.78 is 36.8. The smallest absolute Gasteiger partial charge is 0.383 e. The minimum absolute atomic E-state index is 0.388. The summed E-state index contributed by atoms with van der Waals surface area (Å²) in [6.07, 6.45) is -7.20. The highest BCUT2D eigenvalue weighted by atomic mass is 127. The third-order valence-electron chi connectivity index (χ3n) is 1.72. The lowest BCUT2D eigenvalue weighted by Gasteiger charge is -2.14. The van der Waals surface area contributed by atoms with Gasteiger partial charge in [0, 0.05) is 9.99 Å². The van der Waals surface area contributed by atoms with E-state index < -0.39 is 12.3 Å². The van der Waals surface area contributed by atoms with E-state index in [9.17, 15) is 13.2 Å². The lowest BCUT2D eigenvalue weighted by Crippen LogP contribution is -2.30. The Morgan fingerprint density at radius 2 is 1.71 bits per heavy atom. The average molecular weight is 316 g/mol. The molecule has 0 aliphatic carbocycles. The van der Waals surface area contributed by atoms with E-state index >= 15 is 0 Å². The van der Waals surface area contributed by atoms with Crippen molar-refractivity contribution in [3.63, 3.8) is 0 Å². The van der Waals surface area contributed by atoms with Gasteiger partial charge >= 0.3 is 6.18 Å². The van der Waals surface area contributed by atoms with Crippen LogP contribution in [0.25, 0.3) is 0 Å². The number of alkyl halides is 3. The minimum atomic E-state index is -4.54. The van der Waals surface area contributed by atoms with Gasteiger partial charge < -0.3 is 5.11 Å². The van der Waals surface area contributed by atoms with Gasteiger partial charge in [0.2, 0.25) is 0 Å².